The number of nitrogens with one attached hydrogen (secondary N) is 2. The van der Waals surface area contributed by atoms with Gasteiger partial charge in [0.25, 0.3) is 5.91 Å². The van der Waals surface area contributed by atoms with Gasteiger partial charge in [-0.2, -0.15) is 0 Å². The van der Waals surface area contributed by atoms with E-state index in [1.165, 1.54) is 19.1 Å². The fourth-order valence-electron chi connectivity index (χ4n) is 2.66. The van der Waals surface area contributed by atoms with E-state index in [0.717, 1.165) is 0 Å². The highest BCUT2D eigenvalue weighted by atomic mass is 79.9. The number of aromatic amines is 1. The average molecular weight is 459 g/mol. The first kappa shape index (κ1) is 18.6. The zero-order chi connectivity index (χ0) is 20.5. The van der Waals surface area contributed by atoms with E-state index in [1.807, 2.05) is 0 Å². The first-order valence-corrected chi connectivity index (χ1v) is 8.95. The van der Waals surface area contributed by atoms with Crippen molar-refractivity contribution in [1.29, 1.82) is 0 Å². The number of nitrogens with zero attached hydrogens (tertiary/aromatic N) is 2. The molecule has 1 amide bonds. The molecule has 0 aliphatic carbocycles. The van der Waals surface area contributed by atoms with Crippen LogP contribution in [0.25, 0.3) is 22.4 Å². The average Bonchev–Trinajstić information content (AvgIpc) is 3.28. The summed E-state index contributed by atoms with van der Waals surface area (Å²) in [6.45, 7) is 1.28. The van der Waals surface area contributed by atoms with Gasteiger partial charge in [0.1, 0.15) is 5.75 Å². The SMILES string of the molecule is CC(=O)Oc1ccc2c(C(=O)Nc3ccc(Br)cc3-c3noc(=O)[nH]3)noc2c1. The van der Waals surface area contributed by atoms with E-state index in [1.54, 1.807) is 24.3 Å². The fourth-order valence-corrected chi connectivity index (χ4v) is 3.02. The summed E-state index contributed by atoms with van der Waals surface area (Å²) >= 11 is 3.34. The van der Waals surface area contributed by atoms with Crippen LogP contribution in [0.3, 0.4) is 0 Å². The number of H-pyrrole nitrogens is 1. The lowest BCUT2D eigenvalue weighted by molar-refractivity contribution is -0.131. The number of amides is 1. The van der Waals surface area contributed by atoms with Gasteiger partial charge >= 0.3 is 11.7 Å². The molecule has 4 rings (SSSR count). The van der Waals surface area contributed by atoms with Crippen molar-refractivity contribution in [3.05, 3.63) is 57.1 Å². The van der Waals surface area contributed by atoms with Gasteiger partial charge in [-0.3, -0.25) is 19.1 Å². The minimum atomic E-state index is -0.719. The molecule has 4 aromatic rings. The Morgan fingerprint density at radius 3 is 2.69 bits per heavy atom. The van der Waals surface area contributed by atoms with Gasteiger partial charge in [0.15, 0.2) is 17.1 Å². The first-order valence-electron chi connectivity index (χ1n) is 8.16. The summed E-state index contributed by atoms with van der Waals surface area (Å²) in [5.41, 5.74) is 1.13. The molecule has 146 valence electrons. The second kappa shape index (κ2) is 7.36. The Kier molecular flexibility index (Phi) is 4.72. The number of anilines is 1. The number of carbonyl (C=O) groups is 2. The highest BCUT2D eigenvalue weighted by Gasteiger charge is 2.20. The molecule has 0 unspecified atom stereocenters. The highest BCUT2D eigenvalue weighted by Crippen LogP contribution is 2.30. The molecule has 0 atom stereocenters. The Labute approximate surface area is 169 Å². The van der Waals surface area contributed by atoms with Crippen LogP contribution in [-0.2, 0) is 4.79 Å². The summed E-state index contributed by atoms with van der Waals surface area (Å²) in [4.78, 5) is 37.6. The summed E-state index contributed by atoms with van der Waals surface area (Å²) in [5, 5.41) is 10.6. The van der Waals surface area contributed by atoms with E-state index in [0.29, 0.717) is 21.1 Å². The predicted molar refractivity (Wildman–Crippen MR) is 104 cm³/mol. The van der Waals surface area contributed by atoms with E-state index in [2.05, 4.69) is 41.1 Å². The number of hydrogen-bond acceptors (Lipinski definition) is 8. The van der Waals surface area contributed by atoms with E-state index in [4.69, 9.17) is 9.26 Å². The summed E-state index contributed by atoms with van der Waals surface area (Å²) in [6.07, 6.45) is 0. The number of fused-ring (bicyclic) bond motifs is 1. The highest BCUT2D eigenvalue weighted by molar-refractivity contribution is 9.10. The topological polar surface area (TPSA) is 140 Å². The van der Waals surface area contributed by atoms with Crippen LogP contribution in [0.1, 0.15) is 17.4 Å². The molecule has 29 heavy (non-hydrogen) atoms. The van der Waals surface area contributed by atoms with Crippen LogP contribution in [0.5, 0.6) is 5.75 Å². The molecule has 10 nitrogen and oxygen atoms in total. The molecule has 0 spiro atoms. The maximum atomic E-state index is 12.8. The minimum Gasteiger partial charge on any atom is -0.427 e. The Bertz CT molecular complexity index is 1310. The van der Waals surface area contributed by atoms with E-state index in [9.17, 15) is 14.4 Å². The molecule has 2 aromatic carbocycles. The number of carbonyl (C=O) groups excluding carboxylic acids is 2. The van der Waals surface area contributed by atoms with E-state index in [-0.39, 0.29) is 22.9 Å². The van der Waals surface area contributed by atoms with Crippen LogP contribution >= 0.6 is 15.9 Å². The number of aromatic nitrogens is 3. The van der Waals surface area contributed by atoms with Crippen molar-refractivity contribution in [2.24, 2.45) is 0 Å². The van der Waals surface area contributed by atoms with Gasteiger partial charge in [-0.25, -0.2) is 4.79 Å². The van der Waals surface area contributed by atoms with Gasteiger partial charge in [-0.15, -0.1) is 0 Å². The molecule has 2 N–H and O–H groups in total. The van der Waals surface area contributed by atoms with Crippen LogP contribution in [-0.4, -0.2) is 27.2 Å². The zero-order valence-electron chi connectivity index (χ0n) is 14.7. The Morgan fingerprint density at radius 2 is 1.97 bits per heavy atom. The van der Waals surface area contributed by atoms with Crippen molar-refractivity contribution in [3.8, 4) is 17.1 Å². The van der Waals surface area contributed by atoms with Crippen molar-refractivity contribution in [2.45, 2.75) is 6.92 Å². The molecule has 0 bridgehead atoms. The van der Waals surface area contributed by atoms with Gasteiger partial charge < -0.3 is 14.6 Å². The quantitative estimate of drug-likeness (QED) is 0.351. The lowest BCUT2D eigenvalue weighted by Gasteiger charge is -2.08. The van der Waals surface area contributed by atoms with E-state index >= 15 is 0 Å². The van der Waals surface area contributed by atoms with E-state index < -0.39 is 17.6 Å². The van der Waals surface area contributed by atoms with Crippen molar-refractivity contribution in [1.82, 2.24) is 15.3 Å². The molecule has 0 saturated heterocycles. The van der Waals surface area contributed by atoms with Gasteiger partial charge in [0, 0.05) is 23.0 Å². The molecule has 0 radical (unpaired) electrons. The molecular weight excluding hydrogens is 448 g/mol. The molecule has 0 fully saturated rings. The molecule has 0 saturated carbocycles. The smallest absolute Gasteiger partial charge is 0.427 e. The van der Waals surface area contributed by atoms with Crippen molar-refractivity contribution in [2.75, 3.05) is 5.32 Å². The van der Waals surface area contributed by atoms with Crippen molar-refractivity contribution < 1.29 is 23.4 Å². The van der Waals surface area contributed by atoms with Crippen molar-refractivity contribution >= 4 is 44.5 Å². The third-order valence-corrected chi connectivity index (χ3v) is 4.34. The standard InChI is InChI=1S/C18H11BrN4O6/c1-8(24)27-10-3-4-11-14(7-10)28-22-15(11)17(25)20-13-5-2-9(19)6-12(13)16-21-18(26)29-23-16/h2-7H,1H3,(H,20,25)(H,21,23,26). The molecule has 11 heteroatoms. The molecule has 2 heterocycles. The molecule has 0 aliphatic heterocycles. The third kappa shape index (κ3) is 3.80. The van der Waals surface area contributed by atoms with Crippen LogP contribution in [0.4, 0.5) is 5.69 Å². The maximum Gasteiger partial charge on any atom is 0.439 e. The molecule has 2 aromatic heterocycles. The van der Waals surface area contributed by atoms with Gasteiger partial charge in [0.2, 0.25) is 0 Å². The molecular formula is C18H11BrN4O6. The summed E-state index contributed by atoms with van der Waals surface area (Å²) in [6, 6.07) is 9.57. The fraction of sp³-hybridized carbons (Fsp3) is 0.0556. The second-order valence-corrected chi connectivity index (χ2v) is 6.79. The monoisotopic (exact) mass is 458 g/mol. The van der Waals surface area contributed by atoms with Gasteiger partial charge in [-0.05, 0) is 30.3 Å². The summed E-state index contributed by atoms with van der Waals surface area (Å²) in [7, 11) is 0. The Hall–Kier alpha value is -3.73. The lowest BCUT2D eigenvalue weighted by Crippen LogP contribution is -2.13. The van der Waals surface area contributed by atoms with Crippen LogP contribution in [0.2, 0.25) is 0 Å². The number of halogens is 1. The van der Waals surface area contributed by atoms with Gasteiger partial charge in [0.05, 0.1) is 11.1 Å². The predicted octanol–water partition coefficient (Wildman–Crippen LogP) is 3.11. The summed E-state index contributed by atoms with van der Waals surface area (Å²) in [5.74, 6) is -1.31. The second-order valence-electron chi connectivity index (χ2n) is 5.87. The maximum absolute atomic E-state index is 12.8. The third-order valence-electron chi connectivity index (χ3n) is 3.85. The van der Waals surface area contributed by atoms with Crippen LogP contribution in [0.15, 0.2) is 54.7 Å². The first-order chi connectivity index (χ1) is 13.9. The molecule has 0 aliphatic rings. The Morgan fingerprint density at radius 1 is 1.14 bits per heavy atom. The van der Waals surface area contributed by atoms with Crippen LogP contribution < -0.4 is 15.8 Å². The van der Waals surface area contributed by atoms with Crippen molar-refractivity contribution in [3.63, 3.8) is 0 Å². The number of ether oxygens (including phenoxy) is 1. The largest absolute Gasteiger partial charge is 0.439 e. The number of hydrogen-bond donors (Lipinski definition) is 2. The lowest BCUT2D eigenvalue weighted by atomic mass is 10.1. The number of rotatable bonds is 4. The number of benzene rings is 2. The van der Waals surface area contributed by atoms with Gasteiger partial charge in [-0.1, -0.05) is 26.2 Å². The minimum absolute atomic E-state index is 0.0388. The van der Waals surface area contributed by atoms with Crippen LogP contribution in [0, 0.1) is 0 Å². The Balaban J connectivity index is 1.67. The summed E-state index contributed by atoms with van der Waals surface area (Å²) < 4.78 is 15.4. The zero-order valence-corrected chi connectivity index (χ0v) is 16.3. The number of esters is 1. The normalized spacial score (nSPS) is 10.8.